The third kappa shape index (κ3) is 3.29. The Morgan fingerprint density at radius 2 is 1.79 bits per heavy atom. The van der Waals surface area contributed by atoms with Crippen molar-refractivity contribution in [3.05, 3.63) is 65.2 Å². The average molecular weight is 258 g/mol. The third-order valence-electron chi connectivity index (χ3n) is 2.76. The van der Waals surface area contributed by atoms with E-state index in [1.807, 2.05) is 11.0 Å². The molecule has 0 spiro atoms. The average Bonchev–Trinajstić information content (AvgIpc) is 2.37. The van der Waals surface area contributed by atoms with Crippen LogP contribution in [0, 0.1) is 23.0 Å². The van der Waals surface area contributed by atoms with Crippen molar-refractivity contribution in [2.24, 2.45) is 0 Å². The second-order valence-corrected chi connectivity index (χ2v) is 4.30. The molecular formula is C15H12F2N2. The van der Waals surface area contributed by atoms with E-state index in [2.05, 4.69) is 6.07 Å². The molecular weight excluding hydrogens is 246 g/mol. The van der Waals surface area contributed by atoms with Gasteiger partial charge in [0.05, 0.1) is 11.6 Å². The lowest BCUT2D eigenvalue weighted by Gasteiger charge is -2.19. The van der Waals surface area contributed by atoms with Crippen LogP contribution in [0.25, 0.3) is 0 Å². The summed E-state index contributed by atoms with van der Waals surface area (Å²) < 4.78 is 26.2. The number of benzene rings is 2. The van der Waals surface area contributed by atoms with Crippen LogP contribution in [0.3, 0.4) is 0 Å². The molecule has 0 amide bonds. The predicted octanol–water partition coefficient (Wildman–Crippen LogP) is 3.47. The number of anilines is 1. The van der Waals surface area contributed by atoms with Crippen LogP contribution in [0.15, 0.2) is 42.5 Å². The fourth-order valence-electron chi connectivity index (χ4n) is 1.88. The van der Waals surface area contributed by atoms with Gasteiger partial charge in [0.25, 0.3) is 0 Å². The van der Waals surface area contributed by atoms with Crippen LogP contribution in [0.5, 0.6) is 0 Å². The summed E-state index contributed by atoms with van der Waals surface area (Å²) in [5.41, 5.74) is 1.92. The van der Waals surface area contributed by atoms with Gasteiger partial charge in [0, 0.05) is 25.3 Å². The molecule has 2 aromatic carbocycles. The molecule has 19 heavy (non-hydrogen) atoms. The molecule has 0 unspecified atom stereocenters. The summed E-state index contributed by atoms with van der Waals surface area (Å²) in [4.78, 5) is 1.83. The Kier molecular flexibility index (Phi) is 3.76. The van der Waals surface area contributed by atoms with Gasteiger partial charge in [-0.2, -0.15) is 5.26 Å². The monoisotopic (exact) mass is 258 g/mol. The van der Waals surface area contributed by atoms with Gasteiger partial charge < -0.3 is 4.90 Å². The van der Waals surface area contributed by atoms with Crippen molar-refractivity contribution in [1.29, 1.82) is 5.26 Å². The van der Waals surface area contributed by atoms with Crippen molar-refractivity contribution in [2.75, 3.05) is 11.9 Å². The molecule has 4 heteroatoms. The minimum atomic E-state index is -0.589. The zero-order valence-corrected chi connectivity index (χ0v) is 10.4. The van der Waals surface area contributed by atoms with Gasteiger partial charge in [0.2, 0.25) is 0 Å². The highest BCUT2D eigenvalue weighted by atomic mass is 19.1. The minimum Gasteiger partial charge on any atom is -0.370 e. The van der Waals surface area contributed by atoms with E-state index >= 15 is 0 Å². The number of nitriles is 1. The van der Waals surface area contributed by atoms with Gasteiger partial charge in [0.15, 0.2) is 0 Å². The smallest absolute Gasteiger partial charge is 0.126 e. The Hall–Kier alpha value is -2.41. The van der Waals surface area contributed by atoms with Crippen molar-refractivity contribution in [2.45, 2.75) is 6.54 Å². The summed E-state index contributed by atoms with van der Waals surface area (Å²) in [5, 5.41) is 8.84. The van der Waals surface area contributed by atoms with Crippen molar-refractivity contribution >= 4 is 5.69 Å². The third-order valence-corrected chi connectivity index (χ3v) is 2.76. The van der Waals surface area contributed by atoms with E-state index in [1.54, 1.807) is 25.2 Å². The Balaban J connectivity index is 2.20. The van der Waals surface area contributed by atoms with Crippen LogP contribution in [0.1, 0.15) is 11.1 Å². The first-order valence-electron chi connectivity index (χ1n) is 5.75. The fourth-order valence-corrected chi connectivity index (χ4v) is 1.88. The largest absolute Gasteiger partial charge is 0.370 e. The molecule has 0 atom stereocenters. The maximum absolute atomic E-state index is 13.1. The first kappa shape index (κ1) is 13.0. The molecule has 0 aromatic heterocycles. The van der Waals surface area contributed by atoms with E-state index < -0.39 is 11.6 Å². The maximum Gasteiger partial charge on any atom is 0.126 e. The number of hydrogen-bond donors (Lipinski definition) is 0. The number of halogens is 2. The van der Waals surface area contributed by atoms with Gasteiger partial charge >= 0.3 is 0 Å². The standard InChI is InChI=1S/C15H12F2N2/c1-19(15-4-2-3-11(7-15)9-18)10-12-5-13(16)8-14(17)6-12/h2-8H,10H2,1H3. The normalized spacial score (nSPS) is 10.0. The molecule has 0 aliphatic rings. The molecule has 0 aliphatic carbocycles. The van der Waals surface area contributed by atoms with Crippen molar-refractivity contribution in [3.63, 3.8) is 0 Å². The second-order valence-electron chi connectivity index (χ2n) is 4.30. The quantitative estimate of drug-likeness (QED) is 0.842. The van der Waals surface area contributed by atoms with Gasteiger partial charge in [0.1, 0.15) is 11.6 Å². The van der Waals surface area contributed by atoms with Gasteiger partial charge in [-0.3, -0.25) is 0 Å². The van der Waals surface area contributed by atoms with E-state index in [0.717, 1.165) is 11.8 Å². The Labute approximate surface area is 110 Å². The van der Waals surface area contributed by atoms with Crippen molar-refractivity contribution in [1.82, 2.24) is 0 Å². The Morgan fingerprint density at radius 1 is 1.11 bits per heavy atom. The molecule has 0 N–H and O–H groups in total. The minimum absolute atomic E-state index is 0.365. The molecule has 0 saturated carbocycles. The van der Waals surface area contributed by atoms with E-state index in [0.29, 0.717) is 17.7 Å². The van der Waals surface area contributed by atoms with E-state index in [1.165, 1.54) is 12.1 Å². The Bertz CT molecular complexity index is 612. The van der Waals surface area contributed by atoms with Crippen molar-refractivity contribution < 1.29 is 8.78 Å². The van der Waals surface area contributed by atoms with Gasteiger partial charge in [-0.25, -0.2) is 8.78 Å². The summed E-state index contributed by atoms with van der Waals surface area (Å²) in [5.74, 6) is -1.18. The molecule has 0 saturated heterocycles. The lowest BCUT2D eigenvalue weighted by atomic mass is 10.1. The summed E-state index contributed by atoms with van der Waals surface area (Å²) >= 11 is 0. The lowest BCUT2D eigenvalue weighted by molar-refractivity contribution is 0.579. The molecule has 2 rings (SSSR count). The molecule has 0 radical (unpaired) electrons. The zero-order valence-electron chi connectivity index (χ0n) is 10.4. The van der Waals surface area contributed by atoms with Crippen LogP contribution in [-0.4, -0.2) is 7.05 Å². The fraction of sp³-hybridized carbons (Fsp3) is 0.133. The van der Waals surface area contributed by atoms with E-state index in [-0.39, 0.29) is 0 Å². The highest BCUT2D eigenvalue weighted by molar-refractivity contribution is 5.51. The Morgan fingerprint density at radius 3 is 2.42 bits per heavy atom. The first-order valence-corrected chi connectivity index (χ1v) is 5.75. The predicted molar refractivity (Wildman–Crippen MR) is 69.6 cm³/mol. The molecule has 96 valence electrons. The van der Waals surface area contributed by atoms with Crippen LogP contribution in [-0.2, 0) is 6.54 Å². The van der Waals surface area contributed by atoms with Gasteiger partial charge in [-0.05, 0) is 35.9 Å². The first-order chi connectivity index (χ1) is 9.08. The van der Waals surface area contributed by atoms with Crippen LogP contribution < -0.4 is 4.90 Å². The SMILES string of the molecule is CN(Cc1cc(F)cc(F)c1)c1cccc(C#N)c1. The highest BCUT2D eigenvalue weighted by Gasteiger charge is 2.06. The van der Waals surface area contributed by atoms with E-state index in [9.17, 15) is 8.78 Å². The lowest BCUT2D eigenvalue weighted by Crippen LogP contribution is -2.16. The topological polar surface area (TPSA) is 27.0 Å². The summed E-state index contributed by atoms with van der Waals surface area (Å²) in [6.07, 6.45) is 0. The van der Waals surface area contributed by atoms with E-state index in [4.69, 9.17) is 5.26 Å². The molecule has 2 aromatic rings. The molecule has 2 nitrogen and oxygen atoms in total. The molecule has 0 fully saturated rings. The number of nitrogens with zero attached hydrogens (tertiary/aromatic N) is 2. The maximum atomic E-state index is 13.1. The molecule has 0 bridgehead atoms. The zero-order chi connectivity index (χ0) is 13.8. The molecule has 0 aliphatic heterocycles. The van der Waals surface area contributed by atoms with Crippen molar-refractivity contribution in [3.8, 4) is 6.07 Å². The van der Waals surface area contributed by atoms with Gasteiger partial charge in [-0.15, -0.1) is 0 Å². The van der Waals surface area contributed by atoms with Gasteiger partial charge in [-0.1, -0.05) is 6.07 Å². The molecule has 0 heterocycles. The van der Waals surface area contributed by atoms with Crippen LogP contribution in [0.4, 0.5) is 14.5 Å². The van der Waals surface area contributed by atoms with Crippen LogP contribution >= 0.6 is 0 Å². The number of hydrogen-bond acceptors (Lipinski definition) is 2. The highest BCUT2D eigenvalue weighted by Crippen LogP contribution is 2.18. The second kappa shape index (κ2) is 5.49. The summed E-state index contributed by atoms with van der Waals surface area (Å²) in [6, 6.07) is 12.6. The van der Waals surface area contributed by atoms with Crippen LogP contribution in [0.2, 0.25) is 0 Å². The summed E-state index contributed by atoms with van der Waals surface area (Å²) in [6.45, 7) is 0.365. The summed E-state index contributed by atoms with van der Waals surface area (Å²) in [7, 11) is 1.80. The number of rotatable bonds is 3.